The molecule has 0 unspecified atom stereocenters. The van der Waals surface area contributed by atoms with Gasteiger partial charge < -0.3 is 19.5 Å². The first-order valence-electron chi connectivity index (χ1n) is 10.3. The van der Waals surface area contributed by atoms with Gasteiger partial charge in [-0.15, -0.1) is 0 Å². The Balaban J connectivity index is 1.93. The minimum absolute atomic E-state index is 0.0233. The van der Waals surface area contributed by atoms with Crippen LogP contribution in [0.3, 0.4) is 0 Å². The molecule has 10 heteroatoms. The quantitative estimate of drug-likeness (QED) is 0.265. The van der Waals surface area contributed by atoms with E-state index < -0.39 is 18.1 Å². The molecule has 2 amide bonds. The maximum absolute atomic E-state index is 12.4. The summed E-state index contributed by atoms with van der Waals surface area (Å²) >= 11 is 3.37. The molecular weight excluding hydrogens is 494 g/mol. The Labute approximate surface area is 200 Å². The number of hydrazone groups is 1. The zero-order chi connectivity index (χ0) is 24.1. The van der Waals surface area contributed by atoms with Gasteiger partial charge in [-0.05, 0) is 59.1 Å². The first kappa shape index (κ1) is 25.9. The van der Waals surface area contributed by atoms with Gasteiger partial charge in [0.25, 0.3) is 0 Å². The molecule has 2 aromatic rings. The number of carbonyl (C=O) groups excluding carboxylic acids is 3. The molecule has 2 N–H and O–H groups in total. The first-order chi connectivity index (χ1) is 15.9. The fraction of sp³-hybridized carbons (Fsp3) is 0.304. The van der Waals surface area contributed by atoms with Gasteiger partial charge in [0.2, 0.25) is 5.91 Å². The molecule has 0 radical (unpaired) electrons. The van der Waals surface area contributed by atoms with Crippen molar-refractivity contribution in [2.45, 2.75) is 26.3 Å². The van der Waals surface area contributed by atoms with Crippen molar-refractivity contribution in [3.63, 3.8) is 0 Å². The molecule has 0 aliphatic rings. The van der Waals surface area contributed by atoms with Crippen molar-refractivity contribution in [2.24, 2.45) is 5.10 Å². The number of esters is 1. The zero-order valence-electron chi connectivity index (χ0n) is 18.4. The molecule has 2 aromatic carbocycles. The Bertz CT molecular complexity index is 968. The van der Waals surface area contributed by atoms with E-state index in [4.69, 9.17) is 14.2 Å². The summed E-state index contributed by atoms with van der Waals surface area (Å²) in [6.45, 7) is 3.75. The topological polar surface area (TPSA) is 115 Å². The largest absolute Gasteiger partial charge is 0.481 e. The van der Waals surface area contributed by atoms with Crippen LogP contribution in [0.1, 0.15) is 37.4 Å². The van der Waals surface area contributed by atoms with Crippen molar-refractivity contribution >= 4 is 40.1 Å². The molecule has 0 saturated heterocycles. The Morgan fingerprint density at radius 3 is 2.45 bits per heavy atom. The third-order valence-corrected chi connectivity index (χ3v) is 4.79. The van der Waals surface area contributed by atoms with E-state index in [1.165, 1.54) is 6.21 Å². The van der Waals surface area contributed by atoms with Crippen LogP contribution in [0.5, 0.6) is 5.75 Å². The van der Waals surface area contributed by atoms with E-state index in [0.717, 1.165) is 5.56 Å². The number of hydrogen-bond acceptors (Lipinski definition) is 7. The molecule has 176 valence electrons. The van der Waals surface area contributed by atoms with E-state index in [-0.39, 0.29) is 32.1 Å². The summed E-state index contributed by atoms with van der Waals surface area (Å²) in [5.74, 6) is -0.366. The maximum atomic E-state index is 12.4. The molecule has 0 spiro atoms. The fourth-order valence-corrected chi connectivity index (χ4v) is 3.23. The van der Waals surface area contributed by atoms with E-state index in [2.05, 4.69) is 31.8 Å². The molecule has 0 aliphatic heterocycles. The lowest BCUT2D eigenvalue weighted by molar-refractivity contribution is -0.145. The lowest BCUT2D eigenvalue weighted by atomic mass is 10.0. The average molecular weight is 520 g/mol. The van der Waals surface area contributed by atoms with E-state index in [1.807, 2.05) is 30.3 Å². The van der Waals surface area contributed by atoms with Crippen LogP contribution in [0, 0.1) is 0 Å². The van der Waals surface area contributed by atoms with Crippen molar-refractivity contribution in [3.05, 3.63) is 64.1 Å². The molecule has 9 nitrogen and oxygen atoms in total. The number of nitrogens with zero attached hydrogens (tertiary/aromatic N) is 1. The Kier molecular flexibility index (Phi) is 10.9. The number of carbonyl (C=O) groups is 3. The second-order valence-corrected chi connectivity index (χ2v) is 7.46. The lowest BCUT2D eigenvalue weighted by Crippen LogP contribution is -2.33. The highest BCUT2D eigenvalue weighted by Crippen LogP contribution is 2.25. The van der Waals surface area contributed by atoms with Gasteiger partial charge in [0.15, 0.2) is 6.61 Å². The van der Waals surface area contributed by atoms with Crippen LogP contribution in [0.25, 0.3) is 0 Å². The minimum atomic E-state index is -0.599. The van der Waals surface area contributed by atoms with E-state index in [1.54, 1.807) is 32.0 Å². The molecular formula is C23H26BrN3O6. The SMILES string of the molecule is CCOC(=O)COc1ccc(/C=N\NC(=O)C[C@@H](NC(=O)OCC)c2ccccc2)cc1Br. The molecule has 0 aromatic heterocycles. The Hall–Kier alpha value is -3.40. The summed E-state index contributed by atoms with van der Waals surface area (Å²) in [6, 6.07) is 13.7. The fourth-order valence-electron chi connectivity index (χ4n) is 2.72. The average Bonchev–Trinajstić information content (AvgIpc) is 2.79. The van der Waals surface area contributed by atoms with Gasteiger partial charge >= 0.3 is 12.1 Å². The van der Waals surface area contributed by atoms with Crippen LogP contribution >= 0.6 is 15.9 Å². The maximum Gasteiger partial charge on any atom is 0.407 e. The summed E-state index contributed by atoms with van der Waals surface area (Å²) in [7, 11) is 0. The van der Waals surface area contributed by atoms with Gasteiger partial charge in [-0.25, -0.2) is 15.0 Å². The third kappa shape index (κ3) is 9.32. The highest BCUT2D eigenvalue weighted by atomic mass is 79.9. The van der Waals surface area contributed by atoms with E-state index >= 15 is 0 Å². The number of ether oxygens (including phenoxy) is 3. The molecule has 1 atom stereocenters. The number of hydrogen-bond donors (Lipinski definition) is 2. The third-order valence-electron chi connectivity index (χ3n) is 4.17. The second-order valence-electron chi connectivity index (χ2n) is 6.61. The molecule has 0 heterocycles. The van der Waals surface area contributed by atoms with Crippen molar-refractivity contribution in [1.82, 2.24) is 10.7 Å². The number of rotatable bonds is 11. The van der Waals surface area contributed by atoms with Crippen LogP contribution in [0.15, 0.2) is 58.1 Å². The van der Waals surface area contributed by atoms with E-state index in [0.29, 0.717) is 15.8 Å². The van der Waals surface area contributed by atoms with Gasteiger partial charge in [0.1, 0.15) is 5.75 Å². The van der Waals surface area contributed by atoms with Crippen LogP contribution < -0.4 is 15.5 Å². The predicted molar refractivity (Wildman–Crippen MR) is 126 cm³/mol. The van der Waals surface area contributed by atoms with Gasteiger partial charge in [-0.2, -0.15) is 5.10 Å². The van der Waals surface area contributed by atoms with Crippen LogP contribution in [0.4, 0.5) is 4.79 Å². The van der Waals surface area contributed by atoms with Crippen molar-refractivity contribution in [3.8, 4) is 5.75 Å². The van der Waals surface area contributed by atoms with Gasteiger partial charge in [0.05, 0.1) is 36.4 Å². The smallest absolute Gasteiger partial charge is 0.407 e. The number of alkyl carbamates (subject to hydrolysis) is 1. The van der Waals surface area contributed by atoms with Crippen molar-refractivity contribution in [1.29, 1.82) is 0 Å². The summed E-state index contributed by atoms with van der Waals surface area (Å²) in [5.41, 5.74) is 3.92. The van der Waals surface area contributed by atoms with Crippen LogP contribution in [-0.2, 0) is 19.1 Å². The molecule has 2 rings (SSSR count). The first-order valence-corrected chi connectivity index (χ1v) is 11.1. The van der Waals surface area contributed by atoms with Crippen molar-refractivity contribution in [2.75, 3.05) is 19.8 Å². The number of benzene rings is 2. The molecule has 0 bridgehead atoms. The monoisotopic (exact) mass is 519 g/mol. The molecule has 33 heavy (non-hydrogen) atoms. The van der Waals surface area contributed by atoms with Gasteiger partial charge in [0, 0.05) is 0 Å². The van der Waals surface area contributed by atoms with Crippen molar-refractivity contribution < 1.29 is 28.6 Å². The number of nitrogens with one attached hydrogen (secondary N) is 2. The highest BCUT2D eigenvalue weighted by Gasteiger charge is 2.18. The Morgan fingerprint density at radius 1 is 1.06 bits per heavy atom. The number of halogens is 1. The normalized spacial score (nSPS) is 11.5. The summed E-state index contributed by atoms with van der Waals surface area (Å²) in [4.78, 5) is 35.6. The molecule has 0 fully saturated rings. The Morgan fingerprint density at radius 2 is 1.79 bits per heavy atom. The van der Waals surface area contributed by atoms with Gasteiger partial charge in [-0.1, -0.05) is 30.3 Å². The lowest BCUT2D eigenvalue weighted by Gasteiger charge is -2.18. The standard InChI is InChI=1S/C23H26BrN3O6/c1-3-31-22(29)15-33-20-11-10-16(12-18(20)24)14-25-27-21(28)13-19(26-23(30)32-4-2)17-8-6-5-7-9-17/h5-12,14,19H,3-4,13,15H2,1-2H3,(H,26,30)(H,27,28)/b25-14-/t19-/m1/s1. The van der Waals surface area contributed by atoms with Crippen LogP contribution in [-0.4, -0.2) is 44.0 Å². The summed E-state index contributed by atoms with van der Waals surface area (Å²) < 4.78 is 15.8. The second kappa shape index (κ2) is 13.9. The predicted octanol–water partition coefficient (Wildman–Crippen LogP) is 3.72. The van der Waals surface area contributed by atoms with Gasteiger partial charge in [-0.3, -0.25) is 4.79 Å². The summed E-state index contributed by atoms with van der Waals surface area (Å²) in [5, 5.41) is 6.66. The number of amides is 2. The van der Waals surface area contributed by atoms with Crippen LogP contribution in [0.2, 0.25) is 0 Å². The molecule has 0 saturated carbocycles. The highest BCUT2D eigenvalue weighted by molar-refractivity contribution is 9.10. The zero-order valence-corrected chi connectivity index (χ0v) is 20.0. The minimum Gasteiger partial charge on any atom is -0.481 e. The summed E-state index contributed by atoms with van der Waals surface area (Å²) in [6.07, 6.45) is 0.844. The molecule has 0 aliphatic carbocycles. The van der Waals surface area contributed by atoms with E-state index in [9.17, 15) is 14.4 Å².